The van der Waals surface area contributed by atoms with Crippen LogP contribution in [0.4, 0.5) is 4.39 Å². The van der Waals surface area contributed by atoms with Gasteiger partial charge in [0.05, 0.1) is 5.02 Å². The van der Waals surface area contributed by atoms with Gasteiger partial charge >= 0.3 is 17.7 Å². The van der Waals surface area contributed by atoms with Gasteiger partial charge in [-0.25, -0.2) is 14.2 Å². The van der Waals surface area contributed by atoms with E-state index in [1.54, 1.807) is 36.4 Å². The number of aromatic nitrogens is 2. The highest BCUT2D eigenvalue weighted by molar-refractivity contribution is 6.32. The first kappa shape index (κ1) is 15.9. The van der Waals surface area contributed by atoms with Crippen LogP contribution >= 0.6 is 11.6 Å². The molecular weight excluding hydrogens is 335 g/mol. The van der Waals surface area contributed by atoms with Crippen molar-refractivity contribution in [1.29, 1.82) is 0 Å². The summed E-state index contributed by atoms with van der Waals surface area (Å²) < 4.78 is 19.5. The maximum absolute atomic E-state index is 13.9. The average molecular weight is 346 g/mol. The number of hydrogen-bond acceptors (Lipinski definition) is 3. The Morgan fingerprint density at radius 2 is 1.88 bits per heavy atom. The van der Waals surface area contributed by atoms with Crippen molar-refractivity contribution in [3.8, 4) is 23.0 Å². The van der Waals surface area contributed by atoms with Crippen molar-refractivity contribution >= 4 is 17.6 Å². The Hall–Kier alpha value is -2.99. The molecule has 0 radical (unpaired) electrons. The standard InChI is InChI=1S/C17H10ClFN2O3/c18-12-6-2-4-8-14(12)24-16-11(17(22)23)9-20-15(21-16)10-5-1-3-7-13(10)19/h1-9H,(H,22,23)/p+1. The second kappa shape index (κ2) is 6.64. The molecule has 0 saturated carbocycles. The van der Waals surface area contributed by atoms with E-state index in [2.05, 4.69) is 9.97 Å². The molecule has 2 N–H and O–H groups in total. The Labute approximate surface area is 141 Å². The van der Waals surface area contributed by atoms with Crippen LogP contribution < -0.4 is 9.72 Å². The molecule has 3 rings (SSSR count). The maximum Gasteiger partial charge on any atom is 0.352 e. The van der Waals surface area contributed by atoms with E-state index >= 15 is 0 Å². The molecule has 0 aliphatic carbocycles. The molecule has 0 unspecified atom stereocenters. The van der Waals surface area contributed by atoms with Gasteiger partial charge in [0.15, 0.2) is 5.56 Å². The molecule has 5 nitrogen and oxygen atoms in total. The second-order valence-electron chi connectivity index (χ2n) is 4.79. The Kier molecular flexibility index (Phi) is 4.39. The fourth-order valence-electron chi connectivity index (χ4n) is 2.05. The van der Waals surface area contributed by atoms with E-state index in [1.807, 2.05) is 0 Å². The van der Waals surface area contributed by atoms with Crippen molar-refractivity contribution in [3.63, 3.8) is 0 Å². The molecular formula is C17H11ClFN2O3+. The van der Waals surface area contributed by atoms with Crippen molar-refractivity contribution < 1.29 is 24.0 Å². The number of para-hydroxylation sites is 1. The first-order chi connectivity index (χ1) is 11.6. The Morgan fingerprint density at radius 1 is 1.17 bits per heavy atom. The zero-order valence-electron chi connectivity index (χ0n) is 12.2. The van der Waals surface area contributed by atoms with Crippen molar-refractivity contribution in [1.82, 2.24) is 4.98 Å². The van der Waals surface area contributed by atoms with Gasteiger partial charge in [-0.1, -0.05) is 35.9 Å². The number of benzene rings is 2. The lowest BCUT2D eigenvalue weighted by atomic mass is 10.2. The Balaban J connectivity index is 2.09. The summed E-state index contributed by atoms with van der Waals surface area (Å²) in [5.41, 5.74) is -0.00606. The number of nitrogens with one attached hydrogen (secondary N) is 1. The SMILES string of the molecule is O=C(O)c1c[nH+]c(-c2ccccc2F)nc1Oc1ccccc1Cl. The maximum atomic E-state index is 13.9. The summed E-state index contributed by atoms with van der Waals surface area (Å²) in [6.07, 6.45) is 1.20. The summed E-state index contributed by atoms with van der Waals surface area (Å²) in [7, 11) is 0. The largest absolute Gasteiger partial charge is 0.477 e. The van der Waals surface area contributed by atoms with E-state index in [1.165, 1.54) is 18.3 Å². The van der Waals surface area contributed by atoms with Crippen molar-refractivity contribution in [2.45, 2.75) is 0 Å². The van der Waals surface area contributed by atoms with Gasteiger partial charge in [0.2, 0.25) is 0 Å². The first-order valence-corrected chi connectivity index (χ1v) is 7.27. The molecule has 0 amide bonds. The zero-order chi connectivity index (χ0) is 17.1. The number of carboxylic acid groups (broad SMARTS) is 1. The molecule has 0 bridgehead atoms. The molecule has 2 aromatic carbocycles. The third kappa shape index (κ3) is 3.18. The van der Waals surface area contributed by atoms with Gasteiger partial charge in [-0.05, 0) is 29.2 Å². The minimum absolute atomic E-state index is 0.139. The van der Waals surface area contributed by atoms with Crippen LogP contribution in [0.25, 0.3) is 11.4 Å². The van der Waals surface area contributed by atoms with Gasteiger partial charge in [-0.15, -0.1) is 0 Å². The number of rotatable bonds is 4. The summed E-state index contributed by atoms with van der Waals surface area (Å²) in [4.78, 5) is 18.1. The molecule has 3 aromatic rings. The highest BCUT2D eigenvalue weighted by Gasteiger charge is 2.25. The van der Waals surface area contributed by atoms with E-state index < -0.39 is 11.8 Å². The lowest BCUT2D eigenvalue weighted by molar-refractivity contribution is -0.369. The molecule has 0 saturated heterocycles. The molecule has 1 aromatic heterocycles. The summed E-state index contributed by atoms with van der Waals surface area (Å²) in [5, 5.41) is 9.58. The highest BCUT2D eigenvalue weighted by Crippen LogP contribution is 2.30. The summed E-state index contributed by atoms with van der Waals surface area (Å²) in [5.74, 6) is -1.53. The van der Waals surface area contributed by atoms with E-state index in [0.717, 1.165) is 0 Å². The van der Waals surface area contributed by atoms with Crippen LogP contribution in [0.5, 0.6) is 11.6 Å². The molecule has 24 heavy (non-hydrogen) atoms. The number of nitrogens with zero attached hydrogens (tertiary/aromatic N) is 1. The average Bonchev–Trinajstić information content (AvgIpc) is 2.57. The number of hydrogen-bond donors (Lipinski definition) is 1. The third-order valence-corrected chi connectivity index (χ3v) is 3.51. The van der Waals surface area contributed by atoms with Crippen LogP contribution in [0.15, 0.2) is 54.7 Å². The molecule has 0 aliphatic rings. The molecule has 1 heterocycles. The van der Waals surface area contributed by atoms with Gasteiger partial charge in [0.1, 0.15) is 23.3 Å². The van der Waals surface area contributed by atoms with Crippen LogP contribution in [0, 0.1) is 5.82 Å². The van der Waals surface area contributed by atoms with E-state index in [9.17, 15) is 14.3 Å². The fourth-order valence-corrected chi connectivity index (χ4v) is 2.22. The number of aromatic amines is 1. The predicted molar refractivity (Wildman–Crippen MR) is 84.7 cm³/mol. The third-order valence-electron chi connectivity index (χ3n) is 3.20. The molecule has 0 aliphatic heterocycles. The smallest absolute Gasteiger partial charge is 0.352 e. The van der Waals surface area contributed by atoms with Gasteiger partial charge in [-0.3, -0.25) is 0 Å². The minimum Gasteiger partial charge on any atom is -0.477 e. The lowest BCUT2D eigenvalue weighted by Gasteiger charge is -2.05. The summed E-state index contributed by atoms with van der Waals surface area (Å²) >= 11 is 6.02. The molecule has 0 spiro atoms. The molecule has 7 heteroatoms. The number of carboxylic acids is 1. The van der Waals surface area contributed by atoms with E-state index in [-0.39, 0.29) is 28.6 Å². The Bertz CT molecular complexity index is 918. The molecule has 0 fully saturated rings. The van der Waals surface area contributed by atoms with Gasteiger partial charge in [-0.2, -0.15) is 0 Å². The van der Waals surface area contributed by atoms with E-state index in [0.29, 0.717) is 5.02 Å². The van der Waals surface area contributed by atoms with E-state index in [4.69, 9.17) is 16.3 Å². The summed E-state index contributed by atoms with van der Waals surface area (Å²) in [6.45, 7) is 0. The monoisotopic (exact) mass is 345 g/mol. The number of halogens is 2. The lowest BCUT2D eigenvalue weighted by Crippen LogP contribution is -2.15. The van der Waals surface area contributed by atoms with Crippen LogP contribution in [0.1, 0.15) is 10.4 Å². The van der Waals surface area contributed by atoms with Crippen LogP contribution in [0.3, 0.4) is 0 Å². The topological polar surface area (TPSA) is 73.6 Å². The highest BCUT2D eigenvalue weighted by atomic mass is 35.5. The Morgan fingerprint density at radius 3 is 2.58 bits per heavy atom. The quantitative estimate of drug-likeness (QED) is 0.779. The number of H-pyrrole nitrogens is 1. The summed E-state index contributed by atoms with van der Waals surface area (Å²) in [6, 6.07) is 12.6. The zero-order valence-corrected chi connectivity index (χ0v) is 12.9. The number of carbonyl (C=O) groups is 1. The molecule has 0 atom stereocenters. The van der Waals surface area contributed by atoms with Gasteiger partial charge in [0.25, 0.3) is 0 Å². The molecule has 120 valence electrons. The normalized spacial score (nSPS) is 10.4. The van der Waals surface area contributed by atoms with Gasteiger partial charge < -0.3 is 9.84 Å². The van der Waals surface area contributed by atoms with Crippen LogP contribution in [-0.4, -0.2) is 16.1 Å². The number of ether oxygens (including phenoxy) is 1. The van der Waals surface area contributed by atoms with Crippen LogP contribution in [0.2, 0.25) is 5.02 Å². The predicted octanol–water partition coefficient (Wildman–Crippen LogP) is 3.85. The second-order valence-corrected chi connectivity index (χ2v) is 5.19. The van der Waals surface area contributed by atoms with Crippen LogP contribution in [-0.2, 0) is 0 Å². The first-order valence-electron chi connectivity index (χ1n) is 6.89. The number of aromatic carboxylic acids is 1. The fraction of sp³-hybridized carbons (Fsp3) is 0. The van der Waals surface area contributed by atoms with Crippen molar-refractivity contribution in [2.75, 3.05) is 0 Å². The minimum atomic E-state index is -1.24. The van der Waals surface area contributed by atoms with Crippen molar-refractivity contribution in [3.05, 3.63) is 71.1 Å². The van der Waals surface area contributed by atoms with Gasteiger partial charge in [0, 0.05) is 0 Å². The van der Waals surface area contributed by atoms with Crippen molar-refractivity contribution in [2.24, 2.45) is 0 Å².